The second-order valence-electron chi connectivity index (χ2n) is 3.76. The highest BCUT2D eigenvalue weighted by Gasteiger charge is 2.22. The van der Waals surface area contributed by atoms with Gasteiger partial charge in [-0.05, 0) is 18.2 Å². The van der Waals surface area contributed by atoms with Crippen LogP contribution in [0, 0.1) is 0 Å². The van der Waals surface area contributed by atoms with Gasteiger partial charge >= 0.3 is 5.97 Å². The lowest BCUT2D eigenvalue weighted by atomic mass is 10.2. The fourth-order valence-corrected chi connectivity index (χ4v) is 4.64. The molecule has 0 bridgehead atoms. The Hall–Kier alpha value is -0.710. The van der Waals surface area contributed by atoms with Crippen molar-refractivity contribution in [3.8, 4) is 0 Å². The van der Waals surface area contributed by atoms with Crippen LogP contribution in [0.1, 0.15) is 15.4 Å². The van der Waals surface area contributed by atoms with E-state index in [9.17, 15) is 13.2 Å². The van der Waals surface area contributed by atoms with Gasteiger partial charge < -0.3 is 10.8 Å². The zero-order chi connectivity index (χ0) is 14.9. The van der Waals surface area contributed by atoms with E-state index in [1.165, 1.54) is 18.3 Å². The summed E-state index contributed by atoms with van der Waals surface area (Å²) >= 11 is 4.07. The van der Waals surface area contributed by atoms with E-state index < -0.39 is 15.8 Å². The Bertz CT molecular complexity index is 780. The second-order valence-corrected chi connectivity index (χ2v) is 7.97. The number of carboxylic acids is 1. The summed E-state index contributed by atoms with van der Waals surface area (Å²) < 4.78 is 25.2. The van der Waals surface area contributed by atoms with Crippen molar-refractivity contribution < 1.29 is 18.3 Å². The Morgan fingerprint density at radius 3 is 2.45 bits per heavy atom. The fraction of sp³-hybridized carbons (Fsp3) is 0.0909. The Morgan fingerprint density at radius 1 is 1.32 bits per heavy atom. The maximum absolute atomic E-state index is 12.4. The number of hydrogen-bond donors (Lipinski definition) is 2. The fourth-order valence-electron chi connectivity index (χ4n) is 1.47. The lowest BCUT2D eigenvalue weighted by molar-refractivity contribution is 0.0696. The Labute approximate surface area is 151 Å². The van der Waals surface area contributed by atoms with Gasteiger partial charge in [-0.3, -0.25) is 0 Å². The largest absolute Gasteiger partial charge is 0.478 e. The zero-order valence-electron chi connectivity index (χ0n) is 10.7. The summed E-state index contributed by atoms with van der Waals surface area (Å²) in [5.74, 6) is -1.20. The molecule has 0 saturated heterocycles. The molecule has 0 aliphatic rings. The molecular weight excluding hydrogens is 439 g/mol. The lowest BCUT2D eigenvalue weighted by Gasteiger charge is -2.04. The number of aromatic nitrogens is 1. The average molecular weight is 450 g/mol. The van der Waals surface area contributed by atoms with E-state index in [1.807, 2.05) is 0 Å². The number of benzene rings is 1. The number of nitrogens with two attached hydrogens (primary N) is 1. The number of sulfone groups is 1. The molecule has 0 unspecified atom stereocenters. The number of rotatable bonds is 4. The van der Waals surface area contributed by atoms with Gasteiger partial charge in [0, 0.05) is 11.0 Å². The smallest absolute Gasteiger partial charge is 0.335 e. The predicted molar refractivity (Wildman–Crippen MR) is 91.1 cm³/mol. The van der Waals surface area contributed by atoms with Crippen LogP contribution in [-0.4, -0.2) is 24.5 Å². The van der Waals surface area contributed by atoms with Gasteiger partial charge in [-0.15, -0.1) is 36.2 Å². The van der Waals surface area contributed by atoms with Gasteiger partial charge in [0.25, 0.3) is 0 Å². The minimum Gasteiger partial charge on any atom is -0.478 e. The zero-order valence-corrected chi connectivity index (χ0v) is 15.6. The molecule has 0 fully saturated rings. The van der Waals surface area contributed by atoms with Crippen LogP contribution in [0.5, 0.6) is 0 Å². The van der Waals surface area contributed by atoms with Crippen molar-refractivity contribution >= 4 is 67.9 Å². The Morgan fingerprint density at radius 2 is 1.95 bits per heavy atom. The topological polar surface area (TPSA) is 110 Å². The number of hydrogen-bond acceptors (Lipinski definition) is 6. The monoisotopic (exact) mass is 448 g/mol. The third-order valence-electron chi connectivity index (χ3n) is 2.40. The van der Waals surface area contributed by atoms with Crippen molar-refractivity contribution in [2.75, 3.05) is 0 Å². The quantitative estimate of drug-likeness (QED) is 0.742. The van der Waals surface area contributed by atoms with Gasteiger partial charge in [0.1, 0.15) is 9.22 Å². The highest BCUT2D eigenvalue weighted by Crippen LogP contribution is 2.28. The van der Waals surface area contributed by atoms with E-state index in [1.54, 1.807) is 0 Å². The molecule has 2 rings (SSSR count). The van der Waals surface area contributed by atoms with E-state index in [2.05, 4.69) is 20.9 Å². The van der Waals surface area contributed by atoms with E-state index >= 15 is 0 Å². The maximum Gasteiger partial charge on any atom is 0.335 e. The molecule has 0 aliphatic heterocycles. The molecule has 1 heterocycles. The minimum absolute atomic E-state index is 0. The van der Waals surface area contributed by atoms with Crippen LogP contribution in [0.4, 0.5) is 0 Å². The summed E-state index contributed by atoms with van der Waals surface area (Å²) in [5, 5.41) is 9.47. The van der Waals surface area contributed by atoms with Crippen molar-refractivity contribution in [3.63, 3.8) is 0 Å². The molecule has 1 aromatic carbocycles. The average Bonchev–Trinajstić information content (AvgIpc) is 2.87. The summed E-state index contributed by atoms with van der Waals surface area (Å²) in [4.78, 5) is 14.8. The number of halogens is 3. The SMILES string of the molecule is Cl.Cl.NCc1ncc(S(=O)(=O)c2cc(Br)cc(C(=O)O)c2)s1. The molecule has 122 valence electrons. The van der Waals surface area contributed by atoms with Crippen LogP contribution < -0.4 is 5.73 Å². The van der Waals surface area contributed by atoms with Gasteiger partial charge in [0.15, 0.2) is 0 Å². The first-order valence-electron chi connectivity index (χ1n) is 5.28. The molecule has 0 amide bonds. The van der Waals surface area contributed by atoms with E-state index in [4.69, 9.17) is 10.8 Å². The molecule has 0 aliphatic carbocycles. The summed E-state index contributed by atoms with van der Waals surface area (Å²) in [6.45, 7) is 0.152. The molecule has 0 radical (unpaired) electrons. The van der Waals surface area contributed by atoms with Crippen molar-refractivity contribution in [3.05, 3.63) is 39.4 Å². The first kappa shape index (κ1) is 21.3. The third-order valence-corrected chi connectivity index (χ3v) is 6.07. The van der Waals surface area contributed by atoms with E-state index in [0.717, 1.165) is 17.4 Å². The highest BCUT2D eigenvalue weighted by atomic mass is 79.9. The molecule has 2 aromatic rings. The van der Waals surface area contributed by atoms with Gasteiger partial charge in [0.05, 0.1) is 16.7 Å². The summed E-state index contributed by atoms with van der Waals surface area (Å²) in [7, 11) is -3.80. The van der Waals surface area contributed by atoms with Crippen molar-refractivity contribution in [1.82, 2.24) is 4.98 Å². The van der Waals surface area contributed by atoms with Gasteiger partial charge in [-0.1, -0.05) is 15.9 Å². The molecule has 0 saturated carbocycles. The minimum atomic E-state index is -3.80. The van der Waals surface area contributed by atoms with Crippen LogP contribution in [0.2, 0.25) is 0 Å². The summed E-state index contributed by atoms with van der Waals surface area (Å²) in [5.41, 5.74) is 5.29. The number of thiazole rings is 1. The number of carboxylic acid groups (broad SMARTS) is 1. The van der Waals surface area contributed by atoms with Crippen LogP contribution in [0.25, 0.3) is 0 Å². The first-order valence-corrected chi connectivity index (χ1v) is 8.37. The predicted octanol–water partition coefficient (Wildman–Crippen LogP) is 2.74. The maximum atomic E-state index is 12.4. The highest BCUT2D eigenvalue weighted by molar-refractivity contribution is 9.10. The molecule has 11 heteroatoms. The summed E-state index contributed by atoms with van der Waals surface area (Å²) in [6.07, 6.45) is 1.23. The Balaban J connectivity index is 0.00000220. The van der Waals surface area contributed by atoms with Crippen molar-refractivity contribution in [2.45, 2.75) is 15.6 Å². The van der Waals surface area contributed by atoms with Gasteiger partial charge in [-0.2, -0.15) is 0 Å². The van der Waals surface area contributed by atoms with Crippen molar-refractivity contribution in [2.24, 2.45) is 5.73 Å². The normalized spacial score (nSPS) is 10.5. The van der Waals surface area contributed by atoms with Gasteiger partial charge in [0.2, 0.25) is 9.84 Å². The van der Waals surface area contributed by atoms with Crippen molar-refractivity contribution in [1.29, 1.82) is 0 Å². The lowest BCUT2D eigenvalue weighted by Crippen LogP contribution is -2.03. The molecule has 0 atom stereocenters. The molecule has 22 heavy (non-hydrogen) atoms. The second kappa shape index (κ2) is 8.23. The van der Waals surface area contributed by atoms with Crippen LogP contribution in [0.15, 0.2) is 38.0 Å². The summed E-state index contributed by atoms with van der Waals surface area (Å²) in [6, 6.07) is 3.80. The van der Waals surface area contributed by atoms with Crippen LogP contribution in [0.3, 0.4) is 0 Å². The number of nitrogens with zero attached hydrogens (tertiary/aromatic N) is 1. The van der Waals surface area contributed by atoms with E-state index in [0.29, 0.717) is 9.48 Å². The van der Waals surface area contributed by atoms with Crippen LogP contribution in [-0.2, 0) is 16.4 Å². The van der Waals surface area contributed by atoms with Crippen LogP contribution >= 0.6 is 52.1 Å². The van der Waals surface area contributed by atoms with Gasteiger partial charge in [-0.25, -0.2) is 18.2 Å². The molecule has 1 aromatic heterocycles. The number of carbonyl (C=O) groups is 1. The molecule has 3 N–H and O–H groups in total. The standard InChI is InChI=1S/C11H9BrN2O4S2.2ClH/c12-7-1-6(11(15)16)2-8(3-7)20(17,18)10-5-14-9(4-13)19-10;;/h1-3,5H,4,13H2,(H,15,16);2*1H. The number of aromatic carboxylic acids is 1. The molecule has 6 nitrogen and oxygen atoms in total. The molecule has 0 spiro atoms. The first-order chi connectivity index (χ1) is 9.34. The third kappa shape index (κ3) is 4.40. The van der Waals surface area contributed by atoms with E-state index in [-0.39, 0.29) is 46.0 Å². The Kier molecular flexibility index (Phi) is 7.96. The molecular formula is C11H11BrCl2N2O4S2.